The highest BCUT2D eigenvalue weighted by molar-refractivity contribution is 7.87. The van der Waals surface area contributed by atoms with Crippen molar-refractivity contribution < 1.29 is 30.5 Å². The molecule has 0 fully saturated rings. The van der Waals surface area contributed by atoms with Crippen molar-refractivity contribution in [3.63, 3.8) is 0 Å². The molecular formula is C16H13F3O4S. The summed E-state index contributed by atoms with van der Waals surface area (Å²) in [5.74, 6) is -5.38. The molecule has 0 radical (unpaired) electrons. The van der Waals surface area contributed by atoms with Crippen LogP contribution >= 0.6 is 0 Å². The number of methoxy groups -OCH3 is 1. The maximum Gasteiger partial charge on any atom is 0.342 e. The van der Waals surface area contributed by atoms with E-state index >= 15 is 0 Å². The van der Waals surface area contributed by atoms with E-state index in [9.17, 15) is 21.6 Å². The van der Waals surface area contributed by atoms with Gasteiger partial charge in [0, 0.05) is 0 Å². The van der Waals surface area contributed by atoms with Gasteiger partial charge in [-0.25, -0.2) is 13.2 Å². The van der Waals surface area contributed by atoms with E-state index in [0.29, 0.717) is 18.6 Å². The van der Waals surface area contributed by atoms with Crippen LogP contribution in [0, 0.1) is 17.5 Å². The Kier molecular flexibility index (Phi) is 5.18. The maximum absolute atomic E-state index is 13.7. The van der Waals surface area contributed by atoms with Crippen molar-refractivity contribution in [3.05, 3.63) is 66.0 Å². The normalized spacial score (nSPS) is 11.2. The van der Waals surface area contributed by atoms with Crippen molar-refractivity contribution in [3.8, 4) is 11.5 Å². The lowest BCUT2D eigenvalue weighted by Crippen LogP contribution is -2.13. The summed E-state index contributed by atoms with van der Waals surface area (Å²) in [4.78, 5) is -1.11. The number of allylic oxidation sites excluding steroid dienone is 1. The zero-order valence-electron chi connectivity index (χ0n) is 12.6. The molecule has 0 N–H and O–H groups in total. The van der Waals surface area contributed by atoms with Crippen molar-refractivity contribution in [1.29, 1.82) is 0 Å². The molecule has 0 aliphatic heterocycles. The summed E-state index contributed by atoms with van der Waals surface area (Å²) in [6.07, 6.45) is 2.16. The van der Waals surface area contributed by atoms with Gasteiger partial charge in [-0.15, -0.1) is 6.58 Å². The van der Waals surface area contributed by atoms with E-state index < -0.39 is 32.5 Å². The van der Waals surface area contributed by atoms with Gasteiger partial charge in [0.25, 0.3) is 0 Å². The van der Waals surface area contributed by atoms with Gasteiger partial charge in [0.05, 0.1) is 7.11 Å². The summed E-state index contributed by atoms with van der Waals surface area (Å²) < 4.78 is 74.0. The average Bonchev–Trinajstić information content (AvgIpc) is 2.53. The zero-order valence-corrected chi connectivity index (χ0v) is 13.4. The van der Waals surface area contributed by atoms with E-state index in [1.165, 1.54) is 19.2 Å². The van der Waals surface area contributed by atoms with Gasteiger partial charge in [-0.2, -0.15) is 8.42 Å². The molecule has 0 heterocycles. The van der Waals surface area contributed by atoms with E-state index in [0.717, 1.165) is 5.56 Å². The number of hydrogen-bond acceptors (Lipinski definition) is 4. The Morgan fingerprint density at radius 2 is 1.79 bits per heavy atom. The van der Waals surface area contributed by atoms with Crippen molar-refractivity contribution in [1.82, 2.24) is 0 Å². The van der Waals surface area contributed by atoms with Crippen LogP contribution in [0.1, 0.15) is 5.56 Å². The lowest BCUT2D eigenvalue weighted by molar-refractivity contribution is 0.387. The van der Waals surface area contributed by atoms with Gasteiger partial charge in [0.1, 0.15) is 4.90 Å². The van der Waals surface area contributed by atoms with Gasteiger partial charge < -0.3 is 8.92 Å². The van der Waals surface area contributed by atoms with E-state index in [4.69, 9.17) is 8.92 Å². The van der Waals surface area contributed by atoms with Crippen LogP contribution < -0.4 is 8.92 Å². The van der Waals surface area contributed by atoms with Crippen LogP contribution in [-0.4, -0.2) is 15.5 Å². The fourth-order valence-electron chi connectivity index (χ4n) is 1.94. The molecule has 0 saturated heterocycles. The molecule has 8 heteroatoms. The number of halogens is 3. The first-order valence-corrected chi connectivity index (χ1v) is 8.06. The Morgan fingerprint density at radius 1 is 1.08 bits per heavy atom. The minimum Gasteiger partial charge on any atom is -0.493 e. The fourth-order valence-corrected chi connectivity index (χ4v) is 2.95. The Bertz CT molecular complexity index is 879. The molecule has 0 spiro atoms. The first kappa shape index (κ1) is 17.9. The second kappa shape index (κ2) is 6.96. The molecule has 4 nitrogen and oxygen atoms in total. The van der Waals surface area contributed by atoms with Gasteiger partial charge >= 0.3 is 10.1 Å². The summed E-state index contributed by atoms with van der Waals surface area (Å²) in [6.45, 7) is 3.58. The Morgan fingerprint density at radius 3 is 2.42 bits per heavy atom. The highest BCUT2D eigenvalue weighted by Crippen LogP contribution is 2.32. The molecule has 128 valence electrons. The van der Waals surface area contributed by atoms with Crippen LogP contribution in [-0.2, 0) is 16.5 Å². The summed E-state index contributed by atoms with van der Waals surface area (Å²) in [7, 11) is -3.43. The first-order chi connectivity index (χ1) is 11.3. The van der Waals surface area contributed by atoms with Gasteiger partial charge in [0.2, 0.25) is 0 Å². The molecule has 0 aliphatic carbocycles. The van der Waals surface area contributed by atoms with E-state index in [-0.39, 0.29) is 11.5 Å². The van der Waals surface area contributed by atoms with Crippen LogP contribution in [0.4, 0.5) is 13.2 Å². The van der Waals surface area contributed by atoms with Crippen molar-refractivity contribution >= 4 is 10.1 Å². The van der Waals surface area contributed by atoms with Crippen molar-refractivity contribution in [2.24, 2.45) is 0 Å². The number of rotatable bonds is 6. The second-order valence-electron chi connectivity index (χ2n) is 4.69. The van der Waals surface area contributed by atoms with Crippen LogP contribution in [0.3, 0.4) is 0 Å². The molecule has 0 bridgehead atoms. The van der Waals surface area contributed by atoms with E-state index in [2.05, 4.69) is 6.58 Å². The topological polar surface area (TPSA) is 52.6 Å². The third-order valence-corrected chi connectivity index (χ3v) is 4.33. The van der Waals surface area contributed by atoms with Crippen LogP contribution in [0.5, 0.6) is 11.5 Å². The monoisotopic (exact) mass is 358 g/mol. The van der Waals surface area contributed by atoms with Gasteiger partial charge in [-0.3, -0.25) is 0 Å². The van der Waals surface area contributed by atoms with Crippen molar-refractivity contribution in [2.45, 2.75) is 11.3 Å². The molecule has 0 aromatic heterocycles. The first-order valence-electron chi connectivity index (χ1n) is 6.66. The fraction of sp³-hybridized carbons (Fsp3) is 0.125. The highest BCUT2D eigenvalue weighted by Gasteiger charge is 2.27. The SMILES string of the molecule is C=CCc1ccc(OS(=O)(=O)c2ccc(F)c(F)c2F)c(OC)c1. The zero-order chi connectivity index (χ0) is 17.9. The van der Waals surface area contributed by atoms with Crippen LogP contribution in [0.2, 0.25) is 0 Å². The smallest absolute Gasteiger partial charge is 0.342 e. The summed E-state index contributed by atoms with van der Waals surface area (Å²) in [5.41, 5.74) is 0.783. The summed E-state index contributed by atoms with van der Waals surface area (Å²) in [5, 5.41) is 0. The minimum absolute atomic E-state index is 0.0842. The Hall–Kier alpha value is -2.48. The number of benzene rings is 2. The number of hydrogen-bond donors (Lipinski definition) is 0. The molecule has 2 rings (SSSR count). The maximum atomic E-state index is 13.7. The predicted molar refractivity (Wildman–Crippen MR) is 81.0 cm³/mol. The van der Waals surface area contributed by atoms with E-state index in [1.54, 1.807) is 12.1 Å². The molecule has 0 unspecified atom stereocenters. The van der Waals surface area contributed by atoms with Gasteiger partial charge in [-0.1, -0.05) is 12.1 Å². The Labute approximate surface area is 137 Å². The third kappa shape index (κ3) is 3.53. The summed E-state index contributed by atoms with van der Waals surface area (Å²) in [6, 6.07) is 5.48. The lowest BCUT2D eigenvalue weighted by Gasteiger charge is -2.12. The standard InChI is InChI=1S/C16H13F3O4S/c1-3-4-10-5-7-12(13(9-10)22-2)23-24(20,21)14-8-6-11(17)15(18)16(14)19/h3,5-9H,1,4H2,2H3. The lowest BCUT2D eigenvalue weighted by atomic mass is 10.1. The van der Waals surface area contributed by atoms with Crippen LogP contribution in [0.15, 0.2) is 47.9 Å². The van der Waals surface area contributed by atoms with Crippen LogP contribution in [0.25, 0.3) is 0 Å². The van der Waals surface area contributed by atoms with Gasteiger partial charge in [0.15, 0.2) is 29.0 Å². The highest BCUT2D eigenvalue weighted by atomic mass is 32.2. The minimum atomic E-state index is -4.72. The average molecular weight is 358 g/mol. The molecule has 0 saturated carbocycles. The second-order valence-corrected chi connectivity index (χ2v) is 6.20. The van der Waals surface area contributed by atoms with Crippen molar-refractivity contribution in [2.75, 3.05) is 7.11 Å². The quantitative estimate of drug-likeness (QED) is 0.450. The Balaban J connectivity index is 2.43. The predicted octanol–water partition coefficient (Wildman–Crippen LogP) is 3.61. The largest absolute Gasteiger partial charge is 0.493 e. The molecular weight excluding hydrogens is 345 g/mol. The molecule has 2 aromatic rings. The molecule has 2 aromatic carbocycles. The molecule has 0 atom stereocenters. The van der Waals surface area contributed by atoms with Gasteiger partial charge in [-0.05, 0) is 36.2 Å². The number of ether oxygens (including phenoxy) is 1. The third-order valence-electron chi connectivity index (χ3n) is 3.08. The van der Waals surface area contributed by atoms with E-state index in [1.807, 2.05) is 0 Å². The molecule has 24 heavy (non-hydrogen) atoms. The molecule has 0 aliphatic rings. The molecule has 0 amide bonds. The summed E-state index contributed by atoms with van der Waals surface area (Å²) >= 11 is 0.